The number of benzene rings is 2. The molecule has 2 aliphatic carbocycles. The van der Waals surface area contributed by atoms with Crippen molar-refractivity contribution in [2.24, 2.45) is 17.8 Å². The van der Waals surface area contributed by atoms with Crippen molar-refractivity contribution in [3.63, 3.8) is 0 Å². The van der Waals surface area contributed by atoms with E-state index in [9.17, 15) is 0 Å². The van der Waals surface area contributed by atoms with E-state index in [4.69, 9.17) is 0 Å². The molecule has 0 aliphatic heterocycles. The molecule has 0 N–H and O–H groups in total. The molecule has 2 aliphatic rings. The van der Waals surface area contributed by atoms with Crippen molar-refractivity contribution < 1.29 is 0 Å². The quantitative estimate of drug-likeness (QED) is 0.385. The number of fused-ring (bicyclic) bond motifs is 2. The first kappa shape index (κ1) is 15.7. The summed E-state index contributed by atoms with van der Waals surface area (Å²) >= 11 is 0. The average molecular weight is 331 g/mol. The van der Waals surface area contributed by atoms with Crippen LogP contribution in [0.5, 0.6) is 0 Å². The fraction of sp³-hybridized carbons (Fsp3) is 0.304. The highest BCUT2D eigenvalue weighted by Crippen LogP contribution is 2.45. The lowest BCUT2D eigenvalue weighted by molar-refractivity contribution is 0.434. The van der Waals surface area contributed by atoms with Crippen LogP contribution in [0.1, 0.15) is 30.4 Å². The molecule has 2 bridgehead atoms. The van der Waals surface area contributed by atoms with Crippen molar-refractivity contribution in [1.29, 1.82) is 0 Å². The van der Waals surface area contributed by atoms with Crippen molar-refractivity contribution in [2.75, 3.05) is 0 Å². The van der Waals surface area contributed by atoms with Gasteiger partial charge in [0.15, 0.2) is 0 Å². The van der Waals surface area contributed by atoms with E-state index in [-0.39, 0.29) is 9.52 Å². The third-order valence-electron chi connectivity index (χ3n) is 5.71. The second-order valence-corrected chi connectivity index (χ2v) is 9.01. The van der Waals surface area contributed by atoms with Gasteiger partial charge in [0.25, 0.3) is 0 Å². The van der Waals surface area contributed by atoms with Gasteiger partial charge in [-0.2, -0.15) is 0 Å². The highest BCUT2D eigenvalue weighted by Gasteiger charge is 2.34. The summed E-state index contributed by atoms with van der Waals surface area (Å²) in [6.45, 7) is 0. The first-order chi connectivity index (χ1) is 11.9. The summed E-state index contributed by atoms with van der Waals surface area (Å²) in [5.41, 5.74) is 6.75. The summed E-state index contributed by atoms with van der Waals surface area (Å²) in [7, 11) is -0.159. The molecule has 0 amide bonds. The van der Waals surface area contributed by atoms with Gasteiger partial charge in [-0.05, 0) is 47.3 Å². The van der Waals surface area contributed by atoms with Crippen molar-refractivity contribution in [2.45, 2.75) is 25.3 Å². The zero-order chi connectivity index (χ0) is 16.2. The van der Waals surface area contributed by atoms with Gasteiger partial charge in [-0.25, -0.2) is 0 Å². The minimum absolute atomic E-state index is 0.159. The molecule has 122 valence electrons. The van der Waals surface area contributed by atoms with Gasteiger partial charge in [0.1, 0.15) is 0 Å². The highest BCUT2D eigenvalue weighted by atomic mass is 28.2. The second-order valence-electron chi connectivity index (χ2n) is 7.32. The molecule has 3 unspecified atom stereocenters. The molecule has 2 aromatic rings. The topological polar surface area (TPSA) is 0 Å². The smallest absolute Gasteiger partial charge is 0.0462 e. The normalized spacial score (nSPS) is 24.8. The van der Waals surface area contributed by atoms with Crippen LogP contribution in [-0.2, 0) is 0 Å². The summed E-state index contributed by atoms with van der Waals surface area (Å²) in [5.74, 6) is 2.81. The minimum atomic E-state index is -0.159. The van der Waals surface area contributed by atoms with Crippen LogP contribution < -0.4 is 0 Å². The lowest BCUT2D eigenvalue weighted by atomic mass is 9.91. The lowest BCUT2D eigenvalue weighted by Gasteiger charge is -2.17. The maximum Gasteiger partial charge on any atom is 0.0462 e. The molecule has 0 spiro atoms. The summed E-state index contributed by atoms with van der Waals surface area (Å²) in [6.07, 6.45) is 9.31. The molecule has 1 heteroatoms. The van der Waals surface area contributed by atoms with E-state index in [2.05, 4.69) is 78.5 Å². The molecule has 0 heterocycles. The largest absolute Gasteiger partial charge is 0.0932 e. The minimum Gasteiger partial charge on any atom is -0.0932 e. The van der Waals surface area contributed by atoms with Gasteiger partial charge in [-0.3, -0.25) is 0 Å². The van der Waals surface area contributed by atoms with Crippen LogP contribution in [0.4, 0.5) is 0 Å². The molecule has 0 saturated heterocycles. The molecule has 0 radical (unpaired) electrons. The zero-order valence-electron chi connectivity index (χ0n) is 14.3. The lowest BCUT2D eigenvalue weighted by Crippen LogP contribution is -2.07. The van der Waals surface area contributed by atoms with E-state index in [1.807, 2.05) is 0 Å². The number of hydrogen-bond acceptors (Lipinski definition) is 0. The maximum atomic E-state index is 2.59. The molecular weight excluding hydrogens is 304 g/mol. The van der Waals surface area contributed by atoms with E-state index >= 15 is 0 Å². The van der Waals surface area contributed by atoms with Crippen molar-refractivity contribution >= 4 is 15.1 Å². The Morgan fingerprint density at radius 1 is 0.875 bits per heavy atom. The van der Waals surface area contributed by atoms with Gasteiger partial charge >= 0.3 is 0 Å². The maximum absolute atomic E-state index is 2.59. The average Bonchev–Trinajstić information content (AvgIpc) is 3.26. The predicted molar refractivity (Wildman–Crippen MR) is 107 cm³/mol. The summed E-state index contributed by atoms with van der Waals surface area (Å²) in [4.78, 5) is 0. The molecule has 1 fully saturated rings. The third kappa shape index (κ3) is 3.46. The third-order valence-corrected chi connectivity index (χ3v) is 7.23. The Morgan fingerprint density at radius 2 is 1.54 bits per heavy atom. The molecule has 0 nitrogen and oxygen atoms in total. The van der Waals surface area contributed by atoms with E-state index in [0.717, 1.165) is 17.8 Å². The molecule has 2 aromatic carbocycles. The monoisotopic (exact) mass is 330 g/mol. The van der Waals surface area contributed by atoms with Gasteiger partial charge in [0.05, 0.1) is 0 Å². The predicted octanol–water partition coefficient (Wildman–Crippen LogP) is 5.27. The Balaban J connectivity index is 1.43. The van der Waals surface area contributed by atoms with E-state index in [1.165, 1.54) is 42.0 Å². The molecule has 0 aromatic heterocycles. The fourth-order valence-electron chi connectivity index (χ4n) is 4.49. The first-order valence-electron chi connectivity index (χ1n) is 9.39. The van der Waals surface area contributed by atoms with Crippen LogP contribution in [0.3, 0.4) is 0 Å². The van der Waals surface area contributed by atoms with Crippen molar-refractivity contribution in [3.8, 4) is 0 Å². The fourth-order valence-corrected chi connectivity index (χ4v) is 6.22. The Morgan fingerprint density at radius 3 is 2.08 bits per heavy atom. The molecule has 24 heavy (non-hydrogen) atoms. The Labute approximate surface area is 148 Å². The Bertz CT molecular complexity index is 673. The SMILES string of the molecule is C1=CC2CC1CC2CC[SiH2]C=C(c1ccccc1)c1ccccc1. The summed E-state index contributed by atoms with van der Waals surface area (Å²) in [6, 6.07) is 23.2. The molecule has 3 atom stereocenters. The van der Waals surface area contributed by atoms with Gasteiger partial charge in [-0.1, -0.05) is 91.0 Å². The van der Waals surface area contributed by atoms with Gasteiger partial charge < -0.3 is 0 Å². The van der Waals surface area contributed by atoms with Crippen LogP contribution in [0, 0.1) is 17.8 Å². The van der Waals surface area contributed by atoms with Crippen LogP contribution in [0.15, 0.2) is 78.5 Å². The van der Waals surface area contributed by atoms with Gasteiger partial charge in [0.2, 0.25) is 0 Å². The summed E-state index contributed by atoms with van der Waals surface area (Å²) in [5, 5.41) is 0. The van der Waals surface area contributed by atoms with Crippen LogP contribution >= 0.6 is 0 Å². The highest BCUT2D eigenvalue weighted by molar-refractivity contribution is 6.44. The van der Waals surface area contributed by atoms with Crippen LogP contribution in [0.25, 0.3) is 5.57 Å². The molecule has 4 rings (SSSR count). The van der Waals surface area contributed by atoms with Crippen molar-refractivity contribution in [1.82, 2.24) is 0 Å². The Hall–Kier alpha value is -1.86. The standard InChI is InChI=1S/C23H26Si/c1-3-7-19(8-4-1)23(20-9-5-2-6-10-20)17-24-14-13-22-16-18-11-12-21(22)15-18/h1-12,17-18,21-22H,13-16,24H2. The van der Waals surface area contributed by atoms with E-state index < -0.39 is 0 Å². The molecule has 1 saturated carbocycles. The molecular formula is C23H26Si. The van der Waals surface area contributed by atoms with Crippen LogP contribution in [0.2, 0.25) is 6.04 Å². The number of hydrogen-bond donors (Lipinski definition) is 0. The van der Waals surface area contributed by atoms with Crippen molar-refractivity contribution in [3.05, 3.63) is 89.6 Å². The van der Waals surface area contributed by atoms with Gasteiger partial charge in [0, 0.05) is 9.52 Å². The summed E-state index contributed by atoms with van der Waals surface area (Å²) < 4.78 is 0. The van der Waals surface area contributed by atoms with Crippen LogP contribution in [-0.4, -0.2) is 9.52 Å². The van der Waals surface area contributed by atoms with E-state index in [0.29, 0.717) is 0 Å². The van der Waals surface area contributed by atoms with E-state index in [1.54, 1.807) is 0 Å². The first-order valence-corrected chi connectivity index (χ1v) is 11.2. The second kappa shape index (κ2) is 7.35. The number of allylic oxidation sites excluding steroid dienone is 2. The zero-order valence-corrected chi connectivity index (χ0v) is 15.7. The number of rotatable bonds is 6. The Kier molecular flexibility index (Phi) is 4.80. The van der Waals surface area contributed by atoms with Gasteiger partial charge in [-0.15, -0.1) is 0 Å².